The highest BCUT2D eigenvalue weighted by atomic mass is 16.5. The molecule has 1 unspecified atom stereocenters. The van der Waals surface area contributed by atoms with Crippen LogP contribution in [0.3, 0.4) is 0 Å². The highest BCUT2D eigenvalue weighted by Gasteiger charge is 2.22. The Morgan fingerprint density at radius 1 is 1.79 bits per heavy atom. The summed E-state index contributed by atoms with van der Waals surface area (Å²) in [6.07, 6.45) is 5.06. The van der Waals surface area contributed by atoms with Crippen LogP contribution in [0.25, 0.3) is 0 Å². The molecule has 1 N–H and O–H groups in total. The third-order valence-electron chi connectivity index (χ3n) is 2.19. The van der Waals surface area contributed by atoms with Crippen molar-refractivity contribution in [3.63, 3.8) is 0 Å². The zero-order chi connectivity index (χ0) is 10.4. The molecule has 1 aliphatic heterocycles. The zero-order valence-corrected chi connectivity index (χ0v) is 8.45. The topological polar surface area (TPSA) is 41.6 Å². The fourth-order valence-electron chi connectivity index (χ4n) is 1.44. The van der Waals surface area contributed by atoms with Gasteiger partial charge in [0.15, 0.2) is 0 Å². The second-order valence-electron chi connectivity index (χ2n) is 3.32. The summed E-state index contributed by atoms with van der Waals surface area (Å²) < 4.78 is 5.24. The highest BCUT2D eigenvalue weighted by molar-refractivity contribution is 5.78. The van der Waals surface area contributed by atoms with Gasteiger partial charge in [-0.15, -0.1) is 6.42 Å². The van der Waals surface area contributed by atoms with Gasteiger partial charge in [-0.3, -0.25) is 10.1 Å². The van der Waals surface area contributed by atoms with E-state index in [2.05, 4.69) is 11.2 Å². The third kappa shape index (κ3) is 3.02. The van der Waals surface area contributed by atoms with Crippen molar-refractivity contribution in [3.05, 3.63) is 0 Å². The molecule has 0 aromatic rings. The van der Waals surface area contributed by atoms with Crippen molar-refractivity contribution >= 4 is 5.91 Å². The SMILES string of the molecule is C#CCNCC(=O)N1CCOCC1C. The summed E-state index contributed by atoms with van der Waals surface area (Å²) >= 11 is 0. The Hall–Kier alpha value is -1.05. The molecule has 0 saturated carbocycles. The Labute approximate surface area is 84.6 Å². The number of carbonyl (C=O) groups is 1. The number of ether oxygens (including phenoxy) is 1. The standard InChI is InChI=1S/C10H16N2O2/c1-3-4-11-7-10(13)12-5-6-14-8-9(12)2/h1,9,11H,4-8H2,2H3. The number of rotatable bonds is 3. The first kappa shape index (κ1) is 11.0. The van der Waals surface area contributed by atoms with E-state index in [0.717, 1.165) is 0 Å². The van der Waals surface area contributed by atoms with Crippen LogP contribution < -0.4 is 5.32 Å². The van der Waals surface area contributed by atoms with Crippen LogP contribution in [0, 0.1) is 12.3 Å². The molecule has 0 bridgehead atoms. The van der Waals surface area contributed by atoms with E-state index in [0.29, 0.717) is 32.8 Å². The van der Waals surface area contributed by atoms with Crippen molar-refractivity contribution in [1.82, 2.24) is 10.2 Å². The molecule has 1 atom stereocenters. The maximum absolute atomic E-state index is 11.6. The monoisotopic (exact) mass is 196 g/mol. The van der Waals surface area contributed by atoms with E-state index in [1.54, 1.807) is 0 Å². The van der Waals surface area contributed by atoms with E-state index in [4.69, 9.17) is 11.2 Å². The van der Waals surface area contributed by atoms with Crippen molar-refractivity contribution in [1.29, 1.82) is 0 Å². The number of nitrogens with one attached hydrogen (secondary N) is 1. The molecule has 0 radical (unpaired) electrons. The summed E-state index contributed by atoms with van der Waals surface area (Å²) in [6.45, 7) is 4.67. The molecule has 0 aliphatic carbocycles. The maximum Gasteiger partial charge on any atom is 0.236 e. The number of nitrogens with zero attached hydrogens (tertiary/aromatic N) is 1. The Morgan fingerprint density at radius 2 is 2.57 bits per heavy atom. The zero-order valence-electron chi connectivity index (χ0n) is 8.45. The van der Waals surface area contributed by atoms with Gasteiger partial charge in [0.25, 0.3) is 0 Å². The summed E-state index contributed by atoms with van der Waals surface area (Å²) in [6, 6.07) is 0.170. The lowest BCUT2D eigenvalue weighted by atomic mass is 10.2. The minimum Gasteiger partial charge on any atom is -0.377 e. The molecule has 0 spiro atoms. The Bertz CT molecular complexity index is 235. The fraction of sp³-hybridized carbons (Fsp3) is 0.700. The van der Waals surface area contributed by atoms with Gasteiger partial charge in [0.05, 0.1) is 32.3 Å². The van der Waals surface area contributed by atoms with E-state index in [1.807, 2.05) is 11.8 Å². The van der Waals surface area contributed by atoms with Gasteiger partial charge in [-0.1, -0.05) is 5.92 Å². The predicted octanol–water partition coefficient (Wildman–Crippen LogP) is -0.543. The predicted molar refractivity (Wildman–Crippen MR) is 53.7 cm³/mol. The molecule has 1 amide bonds. The number of terminal acetylenes is 1. The van der Waals surface area contributed by atoms with Crippen molar-refractivity contribution in [2.45, 2.75) is 13.0 Å². The fourth-order valence-corrected chi connectivity index (χ4v) is 1.44. The molecule has 1 saturated heterocycles. The Balaban J connectivity index is 2.31. The van der Waals surface area contributed by atoms with Gasteiger partial charge >= 0.3 is 0 Å². The minimum atomic E-state index is 0.0936. The number of carbonyl (C=O) groups excluding carboxylic acids is 1. The number of hydrogen-bond acceptors (Lipinski definition) is 3. The molecule has 1 aliphatic rings. The van der Waals surface area contributed by atoms with Crippen LogP contribution in [0.5, 0.6) is 0 Å². The lowest BCUT2D eigenvalue weighted by Crippen LogP contribution is -2.49. The van der Waals surface area contributed by atoms with Crippen LogP contribution in [0.15, 0.2) is 0 Å². The van der Waals surface area contributed by atoms with E-state index in [1.165, 1.54) is 0 Å². The second-order valence-corrected chi connectivity index (χ2v) is 3.32. The van der Waals surface area contributed by atoms with Gasteiger partial charge in [-0.2, -0.15) is 0 Å². The third-order valence-corrected chi connectivity index (χ3v) is 2.19. The largest absolute Gasteiger partial charge is 0.377 e. The maximum atomic E-state index is 11.6. The van der Waals surface area contributed by atoms with Crippen LogP contribution in [-0.4, -0.2) is 49.7 Å². The van der Waals surface area contributed by atoms with Crippen LogP contribution in [0.1, 0.15) is 6.92 Å². The van der Waals surface area contributed by atoms with Gasteiger partial charge in [-0.05, 0) is 6.92 Å². The Kier molecular flexibility index (Phi) is 4.44. The van der Waals surface area contributed by atoms with Crippen molar-refractivity contribution < 1.29 is 9.53 Å². The first-order chi connectivity index (χ1) is 6.75. The molecule has 14 heavy (non-hydrogen) atoms. The Morgan fingerprint density at radius 3 is 3.21 bits per heavy atom. The summed E-state index contributed by atoms with van der Waals surface area (Å²) in [5.74, 6) is 2.52. The van der Waals surface area contributed by atoms with Gasteiger partial charge in [0.1, 0.15) is 0 Å². The minimum absolute atomic E-state index is 0.0936. The average molecular weight is 196 g/mol. The molecule has 78 valence electrons. The molecule has 0 aromatic heterocycles. The van der Waals surface area contributed by atoms with Crippen molar-refractivity contribution in [2.75, 3.05) is 32.8 Å². The van der Waals surface area contributed by atoms with Crippen molar-refractivity contribution in [3.8, 4) is 12.3 Å². The second kappa shape index (κ2) is 5.63. The molecule has 1 fully saturated rings. The van der Waals surface area contributed by atoms with Crippen LogP contribution in [0.4, 0.5) is 0 Å². The lowest BCUT2D eigenvalue weighted by Gasteiger charge is -2.33. The van der Waals surface area contributed by atoms with Gasteiger partial charge in [0, 0.05) is 6.54 Å². The lowest BCUT2D eigenvalue weighted by molar-refractivity contribution is -0.138. The van der Waals surface area contributed by atoms with Crippen molar-refractivity contribution in [2.24, 2.45) is 0 Å². The molecule has 4 heteroatoms. The van der Waals surface area contributed by atoms with Crippen LogP contribution >= 0.6 is 0 Å². The molecule has 0 aromatic carbocycles. The first-order valence-corrected chi connectivity index (χ1v) is 4.77. The smallest absolute Gasteiger partial charge is 0.236 e. The highest BCUT2D eigenvalue weighted by Crippen LogP contribution is 2.05. The van der Waals surface area contributed by atoms with E-state index in [9.17, 15) is 4.79 Å². The molecule has 1 rings (SSSR count). The number of hydrogen-bond donors (Lipinski definition) is 1. The van der Waals surface area contributed by atoms with Gasteiger partial charge < -0.3 is 9.64 Å². The van der Waals surface area contributed by atoms with Gasteiger partial charge in [0.2, 0.25) is 5.91 Å². The quantitative estimate of drug-likeness (QED) is 0.487. The van der Waals surface area contributed by atoms with Crippen LogP contribution in [0.2, 0.25) is 0 Å². The molecule has 4 nitrogen and oxygen atoms in total. The average Bonchev–Trinajstić information content (AvgIpc) is 2.18. The summed E-state index contributed by atoms with van der Waals surface area (Å²) in [7, 11) is 0. The van der Waals surface area contributed by atoms with E-state index < -0.39 is 0 Å². The van der Waals surface area contributed by atoms with E-state index in [-0.39, 0.29) is 11.9 Å². The molecular formula is C10H16N2O2. The molecule has 1 heterocycles. The summed E-state index contributed by atoms with van der Waals surface area (Å²) in [5, 5.41) is 2.88. The number of morpholine rings is 1. The molecular weight excluding hydrogens is 180 g/mol. The van der Waals surface area contributed by atoms with Gasteiger partial charge in [-0.25, -0.2) is 0 Å². The summed E-state index contributed by atoms with van der Waals surface area (Å²) in [5.41, 5.74) is 0. The summed E-state index contributed by atoms with van der Waals surface area (Å²) in [4.78, 5) is 13.4. The normalized spacial score (nSPS) is 21.7. The number of amides is 1. The van der Waals surface area contributed by atoms with Crippen LogP contribution in [-0.2, 0) is 9.53 Å². The first-order valence-electron chi connectivity index (χ1n) is 4.77. The van der Waals surface area contributed by atoms with E-state index >= 15 is 0 Å².